The van der Waals surface area contributed by atoms with E-state index in [1.165, 1.54) is 0 Å². The minimum Gasteiger partial charge on any atom is -0.381 e. The molecule has 0 aromatic carbocycles. The van der Waals surface area contributed by atoms with Gasteiger partial charge in [0, 0.05) is 30.9 Å². The van der Waals surface area contributed by atoms with E-state index in [4.69, 9.17) is 4.74 Å². The van der Waals surface area contributed by atoms with Gasteiger partial charge in [0.15, 0.2) is 0 Å². The third kappa shape index (κ3) is 3.79. The van der Waals surface area contributed by atoms with Gasteiger partial charge in [0.1, 0.15) is 0 Å². The van der Waals surface area contributed by atoms with E-state index in [1.807, 2.05) is 6.26 Å². The molecular formula is C12H20F2N2O2S. The molecule has 19 heavy (non-hydrogen) atoms. The van der Waals surface area contributed by atoms with Gasteiger partial charge in [-0.15, -0.1) is 0 Å². The maximum absolute atomic E-state index is 13.0. The molecule has 1 unspecified atom stereocenters. The Labute approximate surface area is 116 Å². The van der Waals surface area contributed by atoms with Crippen molar-refractivity contribution in [3.63, 3.8) is 0 Å². The van der Waals surface area contributed by atoms with Crippen LogP contribution in [0.2, 0.25) is 0 Å². The molecule has 110 valence electrons. The lowest BCUT2D eigenvalue weighted by molar-refractivity contribution is -0.123. The van der Waals surface area contributed by atoms with E-state index in [2.05, 4.69) is 10.6 Å². The number of alkyl halides is 2. The Hall–Kier alpha value is -0.400. The second kappa shape index (κ2) is 5.93. The molecule has 0 saturated carbocycles. The lowest BCUT2D eigenvalue weighted by Crippen LogP contribution is -2.48. The topological polar surface area (TPSA) is 50.4 Å². The van der Waals surface area contributed by atoms with Crippen LogP contribution in [0.4, 0.5) is 8.78 Å². The van der Waals surface area contributed by atoms with Crippen LogP contribution in [-0.2, 0) is 9.53 Å². The zero-order chi connectivity index (χ0) is 13.9. The number of carbonyl (C=O) groups is 1. The van der Waals surface area contributed by atoms with Crippen LogP contribution in [0.15, 0.2) is 0 Å². The van der Waals surface area contributed by atoms with Crippen LogP contribution in [0.1, 0.15) is 19.3 Å². The SMILES string of the molecule is CSC1(CNC(=O)C2CC(F)(F)CN2)CCOCC1. The lowest BCUT2D eigenvalue weighted by atomic mass is 9.99. The second-order valence-corrected chi connectivity index (χ2v) is 6.49. The van der Waals surface area contributed by atoms with E-state index in [0.29, 0.717) is 19.8 Å². The number of hydrogen-bond acceptors (Lipinski definition) is 4. The molecule has 2 aliphatic rings. The second-order valence-electron chi connectivity index (χ2n) is 5.21. The first-order valence-corrected chi connectivity index (χ1v) is 7.71. The number of thioether (sulfide) groups is 1. The summed E-state index contributed by atoms with van der Waals surface area (Å²) < 4.78 is 31.4. The number of rotatable bonds is 4. The molecule has 0 spiro atoms. The number of amides is 1. The standard InChI is InChI=1S/C12H20F2N2O2S/c1-19-11(2-4-18-5-3-11)7-16-10(17)9-6-12(13,14)8-15-9/h9,15H,2-8H2,1H3,(H,16,17). The van der Waals surface area contributed by atoms with Crippen molar-refractivity contribution < 1.29 is 18.3 Å². The maximum Gasteiger partial charge on any atom is 0.262 e. The zero-order valence-electron chi connectivity index (χ0n) is 11.0. The van der Waals surface area contributed by atoms with Crippen molar-refractivity contribution in [3.05, 3.63) is 0 Å². The molecule has 7 heteroatoms. The fourth-order valence-corrected chi connectivity index (χ4v) is 3.26. The van der Waals surface area contributed by atoms with Crippen molar-refractivity contribution >= 4 is 17.7 Å². The molecule has 2 aliphatic heterocycles. The molecule has 2 N–H and O–H groups in total. The number of halogens is 2. The Morgan fingerprint density at radius 3 is 2.68 bits per heavy atom. The average Bonchev–Trinajstić information content (AvgIpc) is 2.77. The molecule has 0 aliphatic carbocycles. The first-order chi connectivity index (χ1) is 8.96. The minimum absolute atomic E-state index is 0.0188. The van der Waals surface area contributed by atoms with Crippen molar-refractivity contribution in [1.82, 2.24) is 10.6 Å². The monoisotopic (exact) mass is 294 g/mol. The summed E-state index contributed by atoms with van der Waals surface area (Å²) in [5, 5.41) is 5.38. The first-order valence-electron chi connectivity index (χ1n) is 6.48. The van der Waals surface area contributed by atoms with Gasteiger partial charge in [0.25, 0.3) is 5.92 Å². The summed E-state index contributed by atoms with van der Waals surface area (Å²) in [5.74, 6) is -3.09. The van der Waals surface area contributed by atoms with Gasteiger partial charge < -0.3 is 10.1 Å². The smallest absolute Gasteiger partial charge is 0.262 e. The first kappa shape index (κ1) is 15.0. The normalized spacial score (nSPS) is 29.1. The maximum atomic E-state index is 13.0. The molecular weight excluding hydrogens is 274 g/mol. The Morgan fingerprint density at radius 2 is 2.16 bits per heavy atom. The molecule has 2 saturated heterocycles. The summed E-state index contributed by atoms with van der Waals surface area (Å²) in [5.41, 5.74) is 0. The van der Waals surface area contributed by atoms with Gasteiger partial charge in [-0.1, -0.05) is 0 Å². The van der Waals surface area contributed by atoms with Crippen LogP contribution in [0.5, 0.6) is 0 Å². The molecule has 2 fully saturated rings. The van der Waals surface area contributed by atoms with Crippen molar-refractivity contribution in [3.8, 4) is 0 Å². The molecule has 4 nitrogen and oxygen atoms in total. The molecule has 1 atom stereocenters. The van der Waals surface area contributed by atoms with Gasteiger partial charge in [-0.3, -0.25) is 10.1 Å². The number of hydrogen-bond donors (Lipinski definition) is 2. The Kier molecular flexibility index (Phi) is 4.68. The van der Waals surface area contributed by atoms with Gasteiger partial charge in [-0.2, -0.15) is 11.8 Å². The quantitative estimate of drug-likeness (QED) is 0.812. The summed E-state index contributed by atoms with van der Waals surface area (Å²) in [7, 11) is 0. The highest BCUT2D eigenvalue weighted by molar-refractivity contribution is 8.00. The van der Waals surface area contributed by atoms with Crippen LogP contribution in [0.3, 0.4) is 0 Å². The highest BCUT2D eigenvalue weighted by atomic mass is 32.2. The van der Waals surface area contributed by atoms with Gasteiger partial charge in [0.2, 0.25) is 5.91 Å². The number of ether oxygens (including phenoxy) is 1. The molecule has 0 aromatic rings. The number of carbonyl (C=O) groups excluding carboxylic acids is 1. The van der Waals surface area contributed by atoms with Crippen molar-refractivity contribution in [2.45, 2.75) is 36.0 Å². The molecule has 0 bridgehead atoms. The Balaban J connectivity index is 1.82. The van der Waals surface area contributed by atoms with E-state index < -0.39 is 24.9 Å². The molecule has 0 aromatic heterocycles. The van der Waals surface area contributed by atoms with Gasteiger partial charge in [-0.25, -0.2) is 8.78 Å². The average molecular weight is 294 g/mol. The van der Waals surface area contributed by atoms with Gasteiger partial charge in [0.05, 0.1) is 12.6 Å². The molecule has 2 rings (SSSR count). The van der Waals surface area contributed by atoms with E-state index in [9.17, 15) is 13.6 Å². The van der Waals surface area contributed by atoms with Crippen LogP contribution < -0.4 is 10.6 Å². The zero-order valence-corrected chi connectivity index (χ0v) is 11.8. The largest absolute Gasteiger partial charge is 0.381 e. The predicted molar refractivity (Wildman–Crippen MR) is 70.7 cm³/mol. The number of nitrogens with one attached hydrogen (secondary N) is 2. The van der Waals surface area contributed by atoms with Crippen molar-refractivity contribution in [2.24, 2.45) is 0 Å². The summed E-state index contributed by atoms with van der Waals surface area (Å²) in [6.45, 7) is 1.49. The highest BCUT2D eigenvalue weighted by Gasteiger charge is 2.42. The van der Waals surface area contributed by atoms with E-state index in [0.717, 1.165) is 12.8 Å². The van der Waals surface area contributed by atoms with E-state index in [1.54, 1.807) is 11.8 Å². The lowest BCUT2D eigenvalue weighted by Gasteiger charge is -2.36. The molecule has 2 heterocycles. The fraction of sp³-hybridized carbons (Fsp3) is 0.917. The predicted octanol–water partition coefficient (Wildman–Crippen LogP) is 1.01. The fourth-order valence-electron chi connectivity index (χ4n) is 2.47. The molecule has 1 amide bonds. The Morgan fingerprint density at radius 1 is 1.47 bits per heavy atom. The van der Waals surface area contributed by atoms with Crippen LogP contribution in [0.25, 0.3) is 0 Å². The van der Waals surface area contributed by atoms with Crippen LogP contribution in [0, 0.1) is 0 Å². The summed E-state index contributed by atoms with van der Waals surface area (Å²) in [4.78, 5) is 11.9. The van der Waals surface area contributed by atoms with Crippen LogP contribution in [-0.4, -0.2) is 55.2 Å². The van der Waals surface area contributed by atoms with Crippen molar-refractivity contribution in [1.29, 1.82) is 0 Å². The van der Waals surface area contributed by atoms with Gasteiger partial charge >= 0.3 is 0 Å². The van der Waals surface area contributed by atoms with E-state index >= 15 is 0 Å². The minimum atomic E-state index is -2.77. The third-order valence-electron chi connectivity index (χ3n) is 3.85. The molecule has 0 radical (unpaired) electrons. The summed E-state index contributed by atoms with van der Waals surface area (Å²) in [6.07, 6.45) is 3.36. The summed E-state index contributed by atoms with van der Waals surface area (Å²) in [6, 6.07) is -0.770. The third-order valence-corrected chi connectivity index (χ3v) is 5.27. The highest BCUT2D eigenvalue weighted by Crippen LogP contribution is 2.33. The Bertz CT molecular complexity index is 336. The van der Waals surface area contributed by atoms with E-state index in [-0.39, 0.29) is 10.7 Å². The van der Waals surface area contributed by atoms with Crippen LogP contribution >= 0.6 is 11.8 Å². The van der Waals surface area contributed by atoms with Gasteiger partial charge in [-0.05, 0) is 19.1 Å². The van der Waals surface area contributed by atoms with Crippen molar-refractivity contribution in [2.75, 3.05) is 32.6 Å². The summed E-state index contributed by atoms with van der Waals surface area (Å²) >= 11 is 1.71.